The minimum absolute atomic E-state index is 0.0708. The van der Waals surface area contributed by atoms with Crippen LogP contribution in [0.2, 0.25) is 0 Å². The average Bonchev–Trinajstić information content (AvgIpc) is 2.70. The van der Waals surface area contributed by atoms with Crippen LogP contribution in [-0.2, 0) is 6.54 Å². The Bertz CT molecular complexity index is 738. The molecular weight excluding hydrogens is 332 g/mol. The smallest absolute Gasteiger partial charge is 0.0791 e. The molecule has 0 saturated carbocycles. The summed E-state index contributed by atoms with van der Waals surface area (Å²) in [6.07, 6.45) is -0.436. The van der Waals surface area contributed by atoms with Crippen molar-refractivity contribution in [2.45, 2.75) is 18.7 Å². The van der Waals surface area contributed by atoms with E-state index in [4.69, 9.17) is 0 Å². The minimum Gasteiger partial charge on any atom is -0.390 e. The van der Waals surface area contributed by atoms with Crippen LogP contribution in [0.15, 0.2) is 91.0 Å². The van der Waals surface area contributed by atoms with Gasteiger partial charge >= 0.3 is 0 Å². The Kier molecular flexibility index (Phi) is 7.17. The molecule has 3 rings (SSSR count). The van der Waals surface area contributed by atoms with Gasteiger partial charge in [0.05, 0.1) is 12.1 Å². The molecule has 3 aromatic carbocycles. The molecule has 0 fully saturated rings. The van der Waals surface area contributed by atoms with Crippen molar-refractivity contribution < 1.29 is 5.11 Å². The van der Waals surface area contributed by atoms with E-state index in [1.54, 1.807) is 0 Å². The van der Waals surface area contributed by atoms with E-state index in [-0.39, 0.29) is 6.04 Å². The number of nitrogens with one attached hydrogen (secondary N) is 1. The summed E-state index contributed by atoms with van der Waals surface area (Å²) in [6, 6.07) is 31.2. The lowest BCUT2D eigenvalue weighted by Crippen LogP contribution is -2.38. The molecule has 2 N–H and O–H groups in total. The highest BCUT2D eigenvalue weighted by Crippen LogP contribution is 2.21. The van der Waals surface area contributed by atoms with Crippen molar-refractivity contribution in [3.63, 3.8) is 0 Å². The van der Waals surface area contributed by atoms with Crippen molar-refractivity contribution in [2.75, 3.05) is 20.1 Å². The van der Waals surface area contributed by atoms with Gasteiger partial charge in [0.25, 0.3) is 0 Å². The Morgan fingerprint density at radius 1 is 0.778 bits per heavy atom. The van der Waals surface area contributed by atoms with Gasteiger partial charge in [-0.2, -0.15) is 0 Å². The van der Waals surface area contributed by atoms with Gasteiger partial charge in [-0.1, -0.05) is 91.0 Å². The highest BCUT2D eigenvalue weighted by molar-refractivity contribution is 5.31. The third-order valence-corrected chi connectivity index (χ3v) is 4.64. The van der Waals surface area contributed by atoms with Crippen LogP contribution in [0, 0.1) is 0 Å². The quantitative estimate of drug-likeness (QED) is 0.608. The van der Waals surface area contributed by atoms with Crippen molar-refractivity contribution in [2.24, 2.45) is 0 Å². The first-order valence-electron chi connectivity index (χ1n) is 9.46. The topological polar surface area (TPSA) is 35.5 Å². The predicted molar refractivity (Wildman–Crippen MR) is 112 cm³/mol. The van der Waals surface area contributed by atoms with E-state index in [1.165, 1.54) is 16.7 Å². The number of hydrogen-bond donors (Lipinski definition) is 2. The molecule has 0 spiro atoms. The molecule has 0 aliphatic rings. The fourth-order valence-electron chi connectivity index (χ4n) is 3.36. The molecule has 0 amide bonds. The van der Waals surface area contributed by atoms with E-state index in [0.717, 1.165) is 6.54 Å². The van der Waals surface area contributed by atoms with Gasteiger partial charge in [-0.05, 0) is 23.7 Å². The number of benzene rings is 3. The van der Waals surface area contributed by atoms with Gasteiger partial charge in [0.2, 0.25) is 0 Å². The Balaban J connectivity index is 1.58. The van der Waals surface area contributed by atoms with E-state index in [9.17, 15) is 5.11 Å². The van der Waals surface area contributed by atoms with Crippen LogP contribution in [-0.4, -0.2) is 36.2 Å². The molecule has 0 heterocycles. The number of hydrogen-bond acceptors (Lipinski definition) is 3. The average molecular weight is 361 g/mol. The van der Waals surface area contributed by atoms with E-state index < -0.39 is 6.10 Å². The molecule has 0 saturated heterocycles. The molecule has 0 aromatic heterocycles. The van der Waals surface area contributed by atoms with E-state index >= 15 is 0 Å². The van der Waals surface area contributed by atoms with Crippen LogP contribution in [0.4, 0.5) is 0 Å². The highest BCUT2D eigenvalue weighted by Gasteiger charge is 2.16. The molecule has 0 bridgehead atoms. The number of aliphatic hydroxyl groups is 1. The largest absolute Gasteiger partial charge is 0.390 e. The molecule has 0 aliphatic heterocycles. The highest BCUT2D eigenvalue weighted by atomic mass is 16.3. The first-order chi connectivity index (χ1) is 13.2. The van der Waals surface area contributed by atoms with Gasteiger partial charge in [0, 0.05) is 19.6 Å². The van der Waals surface area contributed by atoms with Crippen molar-refractivity contribution in [1.82, 2.24) is 10.2 Å². The first kappa shape index (κ1) is 19.3. The van der Waals surface area contributed by atoms with Gasteiger partial charge in [-0.15, -0.1) is 0 Å². The lowest BCUT2D eigenvalue weighted by molar-refractivity contribution is 0.119. The Morgan fingerprint density at radius 2 is 1.26 bits per heavy atom. The normalized spacial score (nSPS) is 12.4. The van der Waals surface area contributed by atoms with Gasteiger partial charge in [0.1, 0.15) is 0 Å². The van der Waals surface area contributed by atoms with Crippen molar-refractivity contribution in [3.8, 4) is 0 Å². The molecule has 0 radical (unpaired) electrons. The lowest BCUT2D eigenvalue weighted by Gasteiger charge is -2.24. The summed E-state index contributed by atoms with van der Waals surface area (Å²) < 4.78 is 0. The summed E-state index contributed by atoms with van der Waals surface area (Å²) in [4.78, 5) is 2.15. The SMILES string of the molecule is CN(Cc1ccccc1)CC(O)CNC(c1ccccc1)c1ccccc1. The van der Waals surface area contributed by atoms with Crippen LogP contribution in [0.5, 0.6) is 0 Å². The molecule has 3 aromatic rings. The lowest BCUT2D eigenvalue weighted by atomic mass is 9.98. The number of aliphatic hydroxyl groups excluding tert-OH is 1. The molecule has 140 valence electrons. The molecular formula is C24H28N2O. The van der Waals surface area contributed by atoms with E-state index in [0.29, 0.717) is 13.1 Å². The third-order valence-electron chi connectivity index (χ3n) is 4.64. The van der Waals surface area contributed by atoms with Gasteiger partial charge in [0.15, 0.2) is 0 Å². The van der Waals surface area contributed by atoms with Crippen molar-refractivity contribution >= 4 is 0 Å². The van der Waals surface area contributed by atoms with Crippen LogP contribution < -0.4 is 5.32 Å². The summed E-state index contributed by atoms with van der Waals surface area (Å²) in [6.45, 7) is 1.99. The Hall–Kier alpha value is -2.46. The summed E-state index contributed by atoms with van der Waals surface area (Å²) in [5.74, 6) is 0. The minimum atomic E-state index is -0.436. The molecule has 27 heavy (non-hydrogen) atoms. The number of nitrogens with zero attached hydrogens (tertiary/aromatic N) is 1. The maximum atomic E-state index is 10.5. The Morgan fingerprint density at radius 3 is 1.78 bits per heavy atom. The van der Waals surface area contributed by atoms with Crippen LogP contribution in [0.3, 0.4) is 0 Å². The maximum absolute atomic E-state index is 10.5. The van der Waals surface area contributed by atoms with Gasteiger partial charge in [-0.3, -0.25) is 4.90 Å². The Labute approximate surface area is 162 Å². The fourth-order valence-corrected chi connectivity index (χ4v) is 3.36. The summed E-state index contributed by atoms with van der Waals surface area (Å²) in [5, 5.41) is 14.1. The fraction of sp³-hybridized carbons (Fsp3) is 0.250. The summed E-state index contributed by atoms with van der Waals surface area (Å²) >= 11 is 0. The van der Waals surface area contributed by atoms with Gasteiger partial charge in [-0.25, -0.2) is 0 Å². The molecule has 0 aliphatic carbocycles. The number of rotatable bonds is 9. The van der Waals surface area contributed by atoms with Crippen LogP contribution >= 0.6 is 0 Å². The van der Waals surface area contributed by atoms with Crippen LogP contribution in [0.1, 0.15) is 22.7 Å². The second-order valence-corrected chi connectivity index (χ2v) is 7.00. The standard InChI is InChI=1S/C24H28N2O/c1-26(18-20-11-5-2-6-12-20)19-23(27)17-25-24(21-13-7-3-8-14-21)22-15-9-4-10-16-22/h2-16,23-25,27H,17-19H2,1H3. The van der Waals surface area contributed by atoms with E-state index in [2.05, 4.69) is 70.9 Å². The van der Waals surface area contributed by atoms with Crippen molar-refractivity contribution in [3.05, 3.63) is 108 Å². The zero-order valence-electron chi connectivity index (χ0n) is 15.8. The van der Waals surface area contributed by atoms with E-state index in [1.807, 2.05) is 37.4 Å². The van der Waals surface area contributed by atoms with Gasteiger partial charge < -0.3 is 10.4 Å². The molecule has 3 nitrogen and oxygen atoms in total. The maximum Gasteiger partial charge on any atom is 0.0791 e. The first-order valence-corrected chi connectivity index (χ1v) is 9.46. The summed E-state index contributed by atoms with van der Waals surface area (Å²) in [7, 11) is 2.04. The molecule has 1 atom stereocenters. The molecule has 1 unspecified atom stereocenters. The predicted octanol–water partition coefficient (Wildman–Crippen LogP) is 3.86. The second-order valence-electron chi connectivity index (χ2n) is 7.00. The zero-order chi connectivity index (χ0) is 18.9. The second kappa shape index (κ2) is 10.0. The van der Waals surface area contributed by atoms with Crippen LogP contribution in [0.25, 0.3) is 0 Å². The number of likely N-dealkylation sites (N-methyl/N-ethyl adjacent to an activating group) is 1. The monoisotopic (exact) mass is 360 g/mol. The van der Waals surface area contributed by atoms with Crippen molar-refractivity contribution in [1.29, 1.82) is 0 Å². The molecule has 3 heteroatoms. The zero-order valence-corrected chi connectivity index (χ0v) is 15.8. The summed E-state index contributed by atoms with van der Waals surface area (Å²) in [5.41, 5.74) is 3.66. The third kappa shape index (κ3) is 6.04.